The van der Waals surface area contributed by atoms with Gasteiger partial charge < -0.3 is 4.90 Å². The predicted molar refractivity (Wildman–Crippen MR) is 77.1 cm³/mol. The van der Waals surface area contributed by atoms with Gasteiger partial charge in [-0.15, -0.1) is 13.2 Å². The minimum Gasteiger partial charge on any atom is -0.306 e. The van der Waals surface area contributed by atoms with E-state index in [4.69, 9.17) is 0 Å². The van der Waals surface area contributed by atoms with E-state index in [1.807, 2.05) is 0 Å². The number of nitrogens with zero attached hydrogens (tertiary/aromatic N) is 1. The molecular weight excluding hydrogens is 206 g/mol. The van der Waals surface area contributed by atoms with Crippen LogP contribution in [0.15, 0.2) is 49.1 Å². The van der Waals surface area contributed by atoms with E-state index in [1.165, 1.54) is 38.8 Å². The van der Waals surface area contributed by atoms with Gasteiger partial charge in [-0.2, -0.15) is 0 Å². The Morgan fingerprint density at radius 2 is 1.94 bits per heavy atom. The van der Waals surface area contributed by atoms with Crippen molar-refractivity contribution in [2.45, 2.75) is 25.7 Å². The smallest absolute Gasteiger partial charge is 0.00157 e. The Kier molecular flexibility index (Phi) is 6.64. The molecule has 0 spiro atoms. The number of hydrogen-bond donors (Lipinski definition) is 0. The summed E-state index contributed by atoms with van der Waals surface area (Å²) in [7, 11) is 2.21. The van der Waals surface area contributed by atoms with Crippen molar-refractivity contribution in [3.63, 3.8) is 0 Å². The van der Waals surface area contributed by atoms with Crippen LogP contribution in [0, 0.1) is 5.92 Å². The highest BCUT2D eigenvalue weighted by Crippen LogP contribution is 2.21. The third-order valence-electron chi connectivity index (χ3n) is 3.35. The Labute approximate surface area is 106 Å². The highest BCUT2D eigenvalue weighted by atomic mass is 15.1. The van der Waals surface area contributed by atoms with Crippen LogP contribution in [-0.4, -0.2) is 25.0 Å². The summed E-state index contributed by atoms with van der Waals surface area (Å²) < 4.78 is 0. The fourth-order valence-electron chi connectivity index (χ4n) is 2.28. The molecule has 0 aromatic heterocycles. The van der Waals surface area contributed by atoms with Crippen molar-refractivity contribution < 1.29 is 0 Å². The van der Waals surface area contributed by atoms with Gasteiger partial charge in [0, 0.05) is 13.1 Å². The van der Waals surface area contributed by atoms with Crippen molar-refractivity contribution in [1.29, 1.82) is 0 Å². The molecule has 17 heavy (non-hydrogen) atoms. The van der Waals surface area contributed by atoms with Gasteiger partial charge in [-0.05, 0) is 38.6 Å². The topological polar surface area (TPSA) is 3.24 Å². The molecule has 1 atom stereocenters. The summed E-state index contributed by atoms with van der Waals surface area (Å²) in [4.78, 5) is 2.42. The van der Waals surface area contributed by atoms with Gasteiger partial charge in [-0.25, -0.2) is 0 Å². The summed E-state index contributed by atoms with van der Waals surface area (Å²) in [5.74, 6) is 0.679. The van der Waals surface area contributed by atoms with Gasteiger partial charge in [0.1, 0.15) is 0 Å². The molecule has 94 valence electrons. The molecule has 1 saturated heterocycles. The Morgan fingerprint density at radius 3 is 2.65 bits per heavy atom. The van der Waals surface area contributed by atoms with Gasteiger partial charge in [0.15, 0.2) is 0 Å². The van der Waals surface area contributed by atoms with Crippen LogP contribution in [0.1, 0.15) is 25.7 Å². The van der Waals surface area contributed by atoms with E-state index in [9.17, 15) is 0 Å². The van der Waals surface area contributed by atoms with Gasteiger partial charge in [0.2, 0.25) is 0 Å². The molecule has 1 aliphatic carbocycles. The van der Waals surface area contributed by atoms with Gasteiger partial charge in [-0.3, -0.25) is 0 Å². The average molecular weight is 231 g/mol. The van der Waals surface area contributed by atoms with E-state index < -0.39 is 0 Å². The Bertz CT molecular complexity index is 289. The first-order valence-corrected chi connectivity index (χ1v) is 6.56. The quantitative estimate of drug-likeness (QED) is 0.617. The SMILES string of the molecule is C=C.CN1CCC(=CC2C=CC=CCC2)CC1. The number of allylic oxidation sites excluding steroid dienone is 5. The molecule has 2 aliphatic rings. The van der Waals surface area contributed by atoms with Gasteiger partial charge in [0.25, 0.3) is 0 Å². The molecule has 1 aliphatic heterocycles. The lowest BCUT2D eigenvalue weighted by molar-refractivity contribution is 0.311. The van der Waals surface area contributed by atoms with Crippen LogP contribution < -0.4 is 0 Å². The number of piperidine rings is 1. The minimum atomic E-state index is 0.679. The Hall–Kier alpha value is -1.08. The summed E-state index contributed by atoms with van der Waals surface area (Å²) in [6, 6.07) is 0. The van der Waals surface area contributed by atoms with E-state index >= 15 is 0 Å². The largest absolute Gasteiger partial charge is 0.306 e. The molecule has 0 saturated carbocycles. The maximum atomic E-state index is 3.00. The van der Waals surface area contributed by atoms with Gasteiger partial charge in [-0.1, -0.05) is 36.0 Å². The first-order chi connectivity index (χ1) is 8.34. The van der Waals surface area contributed by atoms with Crippen molar-refractivity contribution in [3.8, 4) is 0 Å². The molecule has 1 heteroatoms. The molecule has 0 aromatic carbocycles. The van der Waals surface area contributed by atoms with Crippen LogP contribution in [-0.2, 0) is 0 Å². The summed E-state index contributed by atoms with van der Waals surface area (Å²) >= 11 is 0. The molecule has 1 heterocycles. The standard InChI is InChI=1S/C14H21N.C2H4/c1-15-10-8-14(9-11-15)12-13-6-4-2-3-5-7-13;1-2/h2-4,6,12-13H,5,7-11H2,1H3;1-2H2. The van der Waals surface area contributed by atoms with Crippen molar-refractivity contribution >= 4 is 0 Å². The van der Waals surface area contributed by atoms with E-state index in [1.54, 1.807) is 5.57 Å². The Balaban J connectivity index is 0.000000686. The lowest BCUT2D eigenvalue weighted by atomic mass is 9.95. The molecule has 1 nitrogen and oxygen atoms in total. The van der Waals surface area contributed by atoms with E-state index in [2.05, 4.69) is 55.5 Å². The van der Waals surface area contributed by atoms with Crippen LogP contribution in [0.3, 0.4) is 0 Å². The molecule has 1 unspecified atom stereocenters. The number of likely N-dealkylation sites (tertiary alicyclic amines) is 1. The molecule has 1 fully saturated rings. The minimum absolute atomic E-state index is 0.679. The van der Waals surface area contributed by atoms with Gasteiger partial charge >= 0.3 is 0 Å². The first-order valence-electron chi connectivity index (χ1n) is 6.56. The number of rotatable bonds is 1. The zero-order chi connectivity index (χ0) is 12.5. The Morgan fingerprint density at radius 1 is 1.24 bits per heavy atom. The lowest BCUT2D eigenvalue weighted by Crippen LogP contribution is -2.26. The zero-order valence-corrected chi connectivity index (χ0v) is 11.1. The normalized spacial score (nSPS) is 24.8. The second kappa shape index (κ2) is 8.08. The van der Waals surface area contributed by atoms with Crippen LogP contribution in [0.5, 0.6) is 0 Å². The van der Waals surface area contributed by atoms with Crippen LogP contribution in [0.2, 0.25) is 0 Å². The fourth-order valence-corrected chi connectivity index (χ4v) is 2.28. The van der Waals surface area contributed by atoms with Crippen molar-refractivity contribution in [2.75, 3.05) is 20.1 Å². The summed E-state index contributed by atoms with van der Waals surface area (Å²) in [6.45, 7) is 8.47. The number of hydrogen-bond acceptors (Lipinski definition) is 1. The van der Waals surface area contributed by atoms with Crippen LogP contribution in [0.25, 0.3) is 0 Å². The third kappa shape index (κ3) is 5.18. The molecule has 0 radical (unpaired) electrons. The fraction of sp³-hybridized carbons (Fsp3) is 0.500. The lowest BCUT2D eigenvalue weighted by Gasteiger charge is -2.24. The molecular formula is C16H25N. The summed E-state index contributed by atoms with van der Waals surface area (Å²) in [5, 5.41) is 0. The van der Waals surface area contributed by atoms with Crippen molar-refractivity contribution in [1.82, 2.24) is 4.90 Å². The monoisotopic (exact) mass is 231 g/mol. The van der Waals surface area contributed by atoms with E-state index in [0.717, 1.165) is 0 Å². The molecule has 0 aromatic rings. The molecule has 2 rings (SSSR count). The summed E-state index contributed by atoms with van der Waals surface area (Å²) in [5.41, 5.74) is 1.67. The summed E-state index contributed by atoms with van der Waals surface area (Å²) in [6.07, 6.45) is 16.5. The second-order valence-electron chi connectivity index (χ2n) is 4.68. The first kappa shape index (κ1) is 14.0. The highest BCUT2D eigenvalue weighted by molar-refractivity contribution is 5.16. The average Bonchev–Trinajstić information content (AvgIpc) is 2.63. The third-order valence-corrected chi connectivity index (χ3v) is 3.35. The maximum absolute atomic E-state index is 3.00. The molecule has 0 bridgehead atoms. The van der Waals surface area contributed by atoms with Crippen molar-refractivity contribution in [3.05, 3.63) is 49.1 Å². The molecule has 0 amide bonds. The molecule has 0 N–H and O–H groups in total. The van der Waals surface area contributed by atoms with Gasteiger partial charge in [0.05, 0.1) is 0 Å². The van der Waals surface area contributed by atoms with Crippen molar-refractivity contribution in [2.24, 2.45) is 5.92 Å². The maximum Gasteiger partial charge on any atom is 0.00157 e. The van der Waals surface area contributed by atoms with E-state index in [-0.39, 0.29) is 0 Å². The highest BCUT2D eigenvalue weighted by Gasteiger charge is 2.11. The predicted octanol–water partition coefficient (Wildman–Crippen LogP) is 3.96. The van der Waals surface area contributed by atoms with Crippen LogP contribution >= 0.6 is 0 Å². The van der Waals surface area contributed by atoms with Crippen LogP contribution in [0.4, 0.5) is 0 Å². The van der Waals surface area contributed by atoms with E-state index in [0.29, 0.717) is 5.92 Å². The zero-order valence-electron chi connectivity index (χ0n) is 11.1. The second-order valence-corrected chi connectivity index (χ2v) is 4.68.